The number of Topliss-reactive ketones (excluding diaryl/α,β-unsaturated/α-hetero) is 1. The number of ketones is 1. The SMILES string of the molecule is CC[C@]12C=CCN3CCC4(c5cc([C@@]6(C(=O)OC)CC7CN(CCc8c6[nH]c6ccccc86)C[C@@](C)(O)C7)c(OC)cc5N(C)C4[C@@](O)(C(=O)NCC45CCC(CNCCC(C)=O)(CC4)CC5)[C@@H]1O)C32. The number of hydrogen-bond acceptors (Lipinski definition) is 12. The maximum absolute atomic E-state index is 15.5. The van der Waals surface area contributed by atoms with Gasteiger partial charge >= 0.3 is 5.97 Å². The zero-order chi connectivity index (χ0) is 49.2. The largest absolute Gasteiger partial charge is 0.496 e. The summed E-state index contributed by atoms with van der Waals surface area (Å²) in [7, 11) is 5.03. The molecule has 2 aromatic carbocycles. The summed E-state index contributed by atoms with van der Waals surface area (Å²) >= 11 is 0. The number of amides is 1. The molecule has 2 saturated heterocycles. The lowest BCUT2D eigenvalue weighted by Gasteiger charge is -2.63. The van der Waals surface area contributed by atoms with E-state index < -0.39 is 51.5 Å². The number of nitrogens with one attached hydrogen (secondary N) is 3. The molecule has 4 bridgehead atoms. The molecule has 5 unspecified atom stereocenters. The van der Waals surface area contributed by atoms with Crippen LogP contribution in [0.3, 0.4) is 0 Å². The van der Waals surface area contributed by atoms with Crippen molar-refractivity contribution >= 4 is 34.3 Å². The van der Waals surface area contributed by atoms with Crippen LogP contribution in [0.25, 0.3) is 10.9 Å². The van der Waals surface area contributed by atoms with Crippen molar-refractivity contribution in [2.75, 3.05) is 78.5 Å². The number of aliphatic hydroxyl groups is 3. The van der Waals surface area contributed by atoms with Crippen LogP contribution in [-0.4, -0.2) is 151 Å². The number of carbonyl (C=O) groups is 3. The third kappa shape index (κ3) is 6.81. The van der Waals surface area contributed by atoms with Crippen molar-refractivity contribution in [1.82, 2.24) is 25.4 Å². The van der Waals surface area contributed by atoms with E-state index in [0.717, 1.165) is 78.5 Å². The van der Waals surface area contributed by atoms with Crippen LogP contribution in [0.4, 0.5) is 5.69 Å². The Bertz CT molecular complexity index is 2600. The van der Waals surface area contributed by atoms with Crippen molar-refractivity contribution in [3.8, 4) is 5.75 Å². The van der Waals surface area contributed by atoms with Crippen LogP contribution in [-0.2, 0) is 36.4 Å². The molecule has 9 aliphatic rings. The zero-order valence-corrected chi connectivity index (χ0v) is 42.3. The monoisotopic (exact) mass is 961 g/mol. The number of esters is 1. The van der Waals surface area contributed by atoms with Crippen LogP contribution >= 0.6 is 0 Å². The van der Waals surface area contributed by atoms with E-state index in [-0.39, 0.29) is 28.6 Å². The van der Waals surface area contributed by atoms with Crippen LogP contribution < -0.4 is 20.3 Å². The highest BCUT2D eigenvalue weighted by atomic mass is 16.5. The topological polar surface area (TPSA) is 180 Å². The number of para-hydroxylation sites is 1. The number of rotatable bonds is 12. The fourth-order valence-corrected chi connectivity index (χ4v) is 16.8. The molecule has 12 rings (SSSR count). The van der Waals surface area contributed by atoms with Crippen LogP contribution in [0.2, 0.25) is 0 Å². The van der Waals surface area contributed by atoms with Crippen LogP contribution in [0, 0.1) is 22.2 Å². The van der Waals surface area contributed by atoms with Crippen molar-refractivity contribution in [3.05, 3.63) is 70.9 Å². The molecular formula is C56H76N6O8. The van der Waals surface area contributed by atoms with Gasteiger partial charge in [0.1, 0.15) is 23.1 Å². The van der Waals surface area contributed by atoms with Gasteiger partial charge in [0.15, 0.2) is 5.60 Å². The third-order valence-electron chi connectivity index (χ3n) is 20.0. The minimum absolute atomic E-state index is 0.0952. The number of anilines is 1. The first kappa shape index (κ1) is 48.0. The van der Waals surface area contributed by atoms with E-state index in [0.29, 0.717) is 95.7 Å². The van der Waals surface area contributed by atoms with Gasteiger partial charge in [0.05, 0.1) is 25.9 Å². The van der Waals surface area contributed by atoms with E-state index in [1.807, 2.05) is 37.1 Å². The van der Waals surface area contributed by atoms with Gasteiger partial charge in [0.2, 0.25) is 0 Å². The Balaban J connectivity index is 1.04. The first-order valence-corrected chi connectivity index (χ1v) is 26.4. The minimum atomic E-state index is -2.24. The molecule has 4 aliphatic carbocycles. The number of aromatic amines is 1. The molecule has 1 amide bonds. The molecule has 5 aliphatic heterocycles. The Morgan fingerprint density at radius 1 is 0.929 bits per heavy atom. The molecule has 3 aromatic rings. The van der Waals surface area contributed by atoms with Crippen molar-refractivity contribution < 1.29 is 39.2 Å². The first-order valence-electron chi connectivity index (χ1n) is 26.4. The second-order valence-electron chi connectivity index (χ2n) is 23.9. The van der Waals surface area contributed by atoms with Crippen molar-refractivity contribution in [2.45, 2.75) is 138 Å². The van der Waals surface area contributed by atoms with Gasteiger partial charge in [-0.05, 0) is 131 Å². The van der Waals surface area contributed by atoms with E-state index >= 15 is 9.59 Å². The number of benzene rings is 2. The summed E-state index contributed by atoms with van der Waals surface area (Å²) in [4.78, 5) is 53.2. The molecule has 378 valence electrons. The molecule has 6 heterocycles. The van der Waals surface area contributed by atoms with Gasteiger partial charge in [-0.1, -0.05) is 37.3 Å². The van der Waals surface area contributed by atoms with E-state index in [1.54, 1.807) is 14.0 Å². The normalized spacial score (nSPS) is 39.3. The highest BCUT2D eigenvalue weighted by molar-refractivity contribution is 5.95. The van der Waals surface area contributed by atoms with Gasteiger partial charge in [0.25, 0.3) is 5.91 Å². The standard InChI is InChI=1S/C56H76N6O8/c1-7-53-15-10-24-62-26-22-54(45(53)62)39-27-40(55(49(66)70-6)30-36-29-50(3,67)34-61(31-36)25-14-38-37-11-8-9-12-41(37)59-44(38)55)43(69-5)28-42(39)60(4)46(54)56(68,47(53)64)48(65)58-33-52-19-16-51(17-20-52,18-21-52)32-57-23-13-35(2)63/h8-12,15,27-28,36,45-47,57,59,64,67-68H,7,13-14,16-26,29-34H2,1-6H3,(H,58,65)/t36?,45?,46?,47-,50+,51?,52?,53-,54?,55+,56+/m1/s1. The minimum Gasteiger partial charge on any atom is -0.496 e. The number of aromatic nitrogens is 1. The average molecular weight is 961 g/mol. The zero-order valence-electron chi connectivity index (χ0n) is 42.3. The number of H-pyrrole nitrogens is 1. The van der Waals surface area contributed by atoms with Crippen LogP contribution in [0.15, 0.2) is 48.6 Å². The lowest BCUT2D eigenvalue weighted by molar-refractivity contribution is -0.204. The molecule has 14 heteroatoms. The number of likely N-dealkylation sites (N-methyl/N-ethyl adjacent to an activating group) is 1. The van der Waals surface area contributed by atoms with Crippen molar-refractivity contribution in [3.63, 3.8) is 0 Å². The highest BCUT2D eigenvalue weighted by Gasteiger charge is 2.79. The fourth-order valence-electron chi connectivity index (χ4n) is 16.8. The molecule has 0 radical (unpaired) electrons. The summed E-state index contributed by atoms with van der Waals surface area (Å²) in [5.74, 6) is -0.375. The predicted molar refractivity (Wildman–Crippen MR) is 268 cm³/mol. The predicted octanol–water partition coefficient (Wildman–Crippen LogP) is 4.88. The average Bonchev–Trinajstić information content (AvgIpc) is 4.02. The lowest BCUT2D eigenvalue weighted by Crippen LogP contribution is -2.82. The molecule has 6 fully saturated rings. The van der Waals surface area contributed by atoms with E-state index in [9.17, 15) is 20.1 Å². The fraction of sp³-hybridized carbons (Fsp3) is 0.661. The summed E-state index contributed by atoms with van der Waals surface area (Å²) < 4.78 is 12.5. The van der Waals surface area contributed by atoms with Crippen LogP contribution in [0.1, 0.15) is 114 Å². The van der Waals surface area contributed by atoms with Gasteiger partial charge in [-0.3, -0.25) is 24.2 Å². The second kappa shape index (κ2) is 16.9. The number of ether oxygens (including phenoxy) is 2. The maximum Gasteiger partial charge on any atom is 0.322 e. The number of hydrogen-bond donors (Lipinski definition) is 6. The quantitative estimate of drug-likeness (QED) is 0.0825. The molecule has 10 atom stereocenters. The number of aliphatic hydroxyl groups excluding tert-OH is 1. The summed E-state index contributed by atoms with van der Waals surface area (Å²) in [5.41, 5.74) is -1.26. The van der Waals surface area contributed by atoms with Crippen molar-refractivity contribution in [2.24, 2.45) is 22.2 Å². The summed E-state index contributed by atoms with van der Waals surface area (Å²) in [6, 6.07) is 11.2. The molecule has 14 nitrogen and oxygen atoms in total. The maximum atomic E-state index is 15.5. The highest BCUT2D eigenvalue weighted by Crippen LogP contribution is 2.68. The van der Waals surface area contributed by atoms with Gasteiger partial charge in [0, 0.05) is 110 Å². The Hall–Kier alpha value is -4.31. The number of fused-ring (bicyclic) bond motifs is 9. The van der Waals surface area contributed by atoms with Crippen molar-refractivity contribution in [1.29, 1.82) is 0 Å². The lowest BCUT2D eigenvalue weighted by atomic mass is 9.47. The number of methoxy groups -OCH3 is 2. The third-order valence-corrected chi connectivity index (χ3v) is 20.0. The molecular weight excluding hydrogens is 885 g/mol. The molecule has 1 spiro atoms. The Labute approximate surface area is 412 Å². The Kier molecular flexibility index (Phi) is 11.6. The first-order chi connectivity index (χ1) is 33.5. The summed E-state index contributed by atoms with van der Waals surface area (Å²) in [5, 5.41) is 46.7. The second-order valence-corrected chi connectivity index (χ2v) is 23.9. The summed E-state index contributed by atoms with van der Waals surface area (Å²) in [6.45, 7) is 11.0. The number of nitrogens with zero attached hydrogens (tertiary/aromatic N) is 3. The molecule has 4 saturated carbocycles. The Morgan fingerprint density at radius 3 is 2.36 bits per heavy atom. The van der Waals surface area contributed by atoms with E-state index in [4.69, 9.17) is 9.47 Å². The van der Waals surface area contributed by atoms with Gasteiger partial charge in [-0.15, -0.1) is 0 Å². The van der Waals surface area contributed by atoms with E-state index in [1.165, 1.54) is 7.11 Å². The molecule has 70 heavy (non-hydrogen) atoms. The van der Waals surface area contributed by atoms with Gasteiger partial charge in [-0.25, -0.2) is 0 Å². The Morgan fingerprint density at radius 2 is 1.66 bits per heavy atom. The molecule has 6 N–H and O–H groups in total. The molecule has 1 aromatic heterocycles. The van der Waals surface area contributed by atoms with Gasteiger partial charge < -0.3 is 45.3 Å². The smallest absolute Gasteiger partial charge is 0.322 e. The summed E-state index contributed by atoms with van der Waals surface area (Å²) in [6.07, 6.45) is 12.0. The number of piperidine rings is 1. The van der Waals surface area contributed by atoms with E-state index in [2.05, 4.69) is 62.7 Å². The van der Waals surface area contributed by atoms with Crippen LogP contribution in [0.5, 0.6) is 5.75 Å². The number of carbonyl (C=O) groups excluding carboxylic acids is 3. The van der Waals surface area contributed by atoms with Gasteiger partial charge in [-0.2, -0.15) is 0 Å².